The summed E-state index contributed by atoms with van der Waals surface area (Å²) in [6.07, 6.45) is -4.76. The molecule has 0 N–H and O–H groups in total. The van der Waals surface area contributed by atoms with Crippen molar-refractivity contribution in [2.75, 3.05) is 20.3 Å². The summed E-state index contributed by atoms with van der Waals surface area (Å²) in [6.45, 7) is -0.309. The Hall–Kier alpha value is -1.28. The number of carbonyl (C=O) groups is 1. The summed E-state index contributed by atoms with van der Waals surface area (Å²) in [5, 5.41) is 0. The summed E-state index contributed by atoms with van der Waals surface area (Å²) in [4.78, 5) is 11.1. The zero-order valence-electron chi connectivity index (χ0n) is 9.79. The summed E-state index contributed by atoms with van der Waals surface area (Å²) in [5.41, 5.74) is 0. The van der Waals surface area contributed by atoms with Crippen LogP contribution >= 0.6 is 15.9 Å². The van der Waals surface area contributed by atoms with E-state index in [-0.39, 0.29) is 35.0 Å². The third-order valence-corrected chi connectivity index (χ3v) is 2.45. The molecular weight excluding hydrogens is 333 g/mol. The lowest BCUT2D eigenvalue weighted by Gasteiger charge is -2.12. The van der Waals surface area contributed by atoms with Gasteiger partial charge in [0.25, 0.3) is 0 Å². The minimum absolute atomic E-state index is 0.0708. The molecule has 0 bridgehead atoms. The summed E-state index contributed by atoms with van der Waals surface area (Å²) in [5.74, 6) is -0.428. The Bertz CT molecular complexity index is 448. The van der Waals surface area contributed by atoms with Gasteiger partial charge in [-0.15, -0.1) is 13.2 Å². The van der Waals surface area contributed by atoms with Crippen molar-refractivity contribution in [3.05, 3.63) is 22.7 Å². The molecule has 4 nitrogen and oxygen atoms in total. The molecule has 0 aromatic heterocycles. The maximum absolute atomic E-state index is 12.0. The van der Waals surface area contributed by atoms with Gasteiger partial charge in [0.15, 0.2) is 5.78 Å². The van der Waals surface area contributed by atoms with Crippen LogP contribution in [0.5, 0.6) is 11.5 Å². The van der Waals surface area contributed by atoms with Crippen LogP contribution in [0.15, 0.2) is 22.7 Å². The summed E-state index contributed by atoms with van der Waals surface area (Å²) >= 11 is 2.92. The molecule has 0 saturated heterocycles. The van der Waals surface area contributed by atoms with Crippen LogP contribution in [-0.2, 0) is 9.53 Å². The van der Waals surface area contributed by atoms with E-state index in [0.29, 0.717) is 0 Å². The summed E-state index contributed by atoms with van der Waals surface area (Å²) < 4.78 is 49.6. The normalized spacial score (nSPS) is 11.2. The quantitative estimate of drug-likeness (QED) is 0.797. The number of ether oxygens (including phenoxy) is 3. The van der Waals surface area contributed by atoms with Gasteiger partial charge in [0, 0.05) is 7.11 Å². The molecule has 0 aliphatic heterocycles. The number of carbonyl (C=O) groups excluding carboxylic acids is 1. The predicted octanol–water partition coefficient (Wildman–Crippen LogP) is 2.94. The third-order valence-electron chi connectivity index (χ3n) is 1.83. The second-order valence-electron chi connectivity index (χ2n) is 3.40. The number of Topliss-reactive ketones (excluding diaryl/α,β-unsaturated/α-hetero) is 1. The zero-order valence-corrected chi connectivity index (χ0v) is 11.4. The molecule has 0 atom stereocenters. The number of methoxy groups -OCH3 is 1. The standard InChI is InChI=1S/C11H10BrF3O4/c1-17-5-7(16)6-18-8-2-3-10(9(12)4-8)19-11(13,14)15/h2-4H,5-6H2,1H3. The van der Waals surface area contributed by atoms with Gasteiger partial charge in [0.1, 0.15) is 24.7 Å². The minimum atomic E-state index is -4.76. The number of benzene rings is 1. The van der Waals surface area contributed by atoms with Crippen molar-refractivity contribution in [3.63, 3.8) is 0 Å². The Balaban J connectivity index is 2.64. The van der Waals surface area contributed by atoms with E-state index in [1.54, 1.807) is 0 Å². The van der Waals surface area contributed by atoms with E-state index in [4.69, 9.17) is 4.74 Å². The maximum atomic E-state index is 12.0. The zero-order chi connectivity index (χ0) is 14.5. The van der Waals surface area contributed by atoms with Gasteiger partial charge in [0.05, 0.1) is 4.47 Å². The van der Waals surface area contributed by atoms with Crippen LogP contribution < -0.4 is 9.47 Å². The molecule has 0 radical (unpaired) electrons. The molecule has 0 fully saturated rings. The van der Waals surface area contributed by atoms with E-state index in [1.165, 1.54) is 19.2 Å². The van der Waals surface area contributed by atoms with Crippen LogP contribution in [0.25, 0.3) is 0 Å². The van der Waals surface area contributed by atoms with E-state index >= 15 is 0 Å². The molecular formula is C11H10BrF3O4. The third kappa shape index (κ3) is 5.93. The van der Waals surface area contributed by atoms with Gasteiger partial charge in [-0.05, 0) is 34.1 Å². The van der Waals surface area contributed by atoms with Crippen molar-refractivity contribution in [3.8, 4) is 11.5 Å². The second-order valence-corrected chi connectivity index (χ2v) is 4.25. The Labute approximate surface area is 115 Å². The molecule has 0 aliphatic carbocycles. The average molecular weight is 343 g/mol. The lowest BCUT2D eigenvalue weighted by molar-refractivity contribution is -0.274. The fourth-order valence-electron chi connectivity index (χ4n) is 1.15. The Morgan fingerprint density at radius 2 is 2.00 bits per heavy atom. The monoisotopic (exact) mass is 342 g/mol. The van der Waals surface area contributed by atoms with Gasteiger partial charge in [0.2, 0.25) is 0 Å². The van der Waals surface area contributed by atoms with Gasteiger partial charge in [-0.1, -0.05) is 0 Å². The lowest BCUT2D eigenvalue weighted by atomic mass is 10.3. The van der Waals surface area contributed by atoms with Crippen LogP contribution in [0, 0.1) is 0 Å². The smallest absolute Gasteiger partial charge is 0.486 e. The molecule has 0 amide bonds. The van der Waals surface area contributed by atoms with E-state index in [9.17, 15) is 18.0 Å². The van der Waals surface area contributed by atoms with Crippen molar-refractivity contribution in [2.24, 2.45) is 0 Å². The molecule has 0 aliphatic rings. The summed E-state index contributed by atoms with van der Waals surface area (Å²) in [6, 6.07) is 3.64. The molecule has 19 heavy (non-hydrogen) atoms. The SMILES string of the molecule is COCC(=O)COc1ccc(OC(F)(F)F)c(Br)c1. The van der Waals surface area contributed by atoms with E-state index in [2.05, 4.69) is 25.4 Å². The highest BCUT2D eigenvalue weighted by atomic mass is 79.9. The first kappa shape index (κ1) is 15.8. The van der Waals surface area contributed by atoms with Crippen molar-refractivity contribution >= 4 is 21.7 Å². The maximum Gasteiger partial charge on any atom is 0.573 e. The van der Waals surface area contributed by atoms with Crippen LogP contribution in [-0.4, -0.2) is 32.5 Å². The van der Waals surface area contributed by atoms with E-state index < -0.39 is 6.36 Å². The average Bonchev–Trinajstić information content (AvgIpc) is 2.28. The lowest BCUT2D eigenvalue weighted by Crippen LogP contribution is -2.18. The van der Waals surface area contributed by atoms with Crippen molar-refractivity contribution in [2.45, 2.75) is 6.36 Å². The van der Waals surface area contributed by atoms with Crippen LogP contribution in [0.2, 0.25) is 0 Å². The topological polar surface area (TPSA) is 44.8 Å². The fourth-order valence-corrected chi connectivity index (χ4v) is 1.58. The largest absolute Gasteiger partial charge is 0.573 e. The van der Waals surface area contributed by atoms with Crippen LogP contribution in [0.3, 0.4) is 0 Å². The molecule has 1 aromatic rings. The molecule has 0 spiro atoms. The highest BCUT2D eigenvalue weighted by molar-refractivity contribution is 9.10. The Kier molecular flexibility index (Phi) is 5.61. The Morgan fingerprint density at radius 1 is 1.32 bits per heavy atom. The van der Waals surface area contributed by atoms with Gasteiger partial charge < -0.3 is 14.2 Å². The van der Waals surface area contributed by atoms with Gasteiger partial charge in [-0.25, -0.2) is 0 Å². The van der Waals surface area contributed by atoms with Crippen molar-refractivity contribution < 1.29 is 32.2 Å². The molecule has 0 saturated carbocycles. The van der Waals surface area contributed by atoms with Crippen molar-refractivity contribution in [1.82, 2.24) is 0 Å². The molecule has 0 unspecified atom stereocenters. The molecule has 1 rings (SSSR count). The predicted molar refractivity (Wildman–Crippen MR) is 63.2 cm³/mol. The first-order chi connectivity index (χ1) is 8.81. The van der Waals surface area contributed by atoms with Crippen LogP contribution in [0.4, 0.5) is 13.2 Å². The molecule has 106 valence electrons. The van der Waals surface area contributed by atoms with Gasteiger partial charge in [-0.2, -0.15) is 0 Å². The number of alkyl halides is 3. The Morgan fingerprint density at radius 3 is 2.53 bits per heavy atom. The molecule has 8 heteroatoms. The molecule has 1 aromatic carbocycles. The summed E-state index contributed by atoms with van der Waals surface area (Å²) in [7, 11) is 1.37. The number of ketones is 1. The van der Waals surface area contributed by atoms with E-state index in [0.717, 1.165) is 6.07 Å². The van der Waals surface area contributed by atoms with E-state index in [1.807, 2.05) is 0 Å². The highest BCUT2D eigenvalue weighted by Gasteiger charge is 2.31. The fraction of sp³-hybridized carbons (Fsp3) is 0.364. The number of hydrogen-bond donors (Lipinski definition) is 0. The molecule has 0 heterocycles. The van der Waals surface area contributed by atoms with Gasteiger partial charge in [-0.3, -0.25) is 4.79 Å². The van der Waals surface area contributed by atoms with Gasteiger partial charge >= 0.3 is 6.36 Å². The van der Waals surface area contributed by atoms with Crippen molar-refractivity contribution in [1.29, 1.82) is 0 Å². The minimum Gasteiger partial charge on any atom is -0.486 e. The first-order valence-electron chi connectivity index (χ1n) is 5.00. The highest BCUT2D eigenvalue weighted by Crippen LogP contribution is 2.33. The first-order valence-corrected chi connectivity index (χ1v) is 5.80. The number of rotatable bonds is 6. The van der Waals surface area contributed by atoms with Crippen LogP contribution in [0.1, 0.15) is 0 Å². The number of hydrogen-bond acceptors (Lipinski definition) is 4. The second kappa shape index (κ2) is 6.76. The number of halogens is 4.